The number of benzene rings is 1. The standard InChI is InChI=1S/C16H14F3N3O2S/c1-10-9-25-14(22-10)15(24,16(17,18)19)6-13(23)21-8-12-4-2-11(7-20)3-5-12/h2-5,9,24H,6,8H2,1H3,(H,21,23). The second-order valence-corrected chi connectivity index (χ2v) is 6.27. The van der Waals surface area contributed by atoms with Crippen LogP contribution in [0.25, 0.3) is 0 Å². The number of amides is 1. The normalized spacial score (nSPS) is 13.8. The first-order chi connectivity index (χ1) is 11.7. The van der Waals surface area contributed by atoms with Gasteiger partial charge in [0, 0.05) is 17.6 Å². The van der Waals surface area contributed by atoms with Crippen molar-refractivity contribution in [2.24, 2.45) is 0 Å². The van der Waals surface area contributed by atoms with E-state index in [1.807, 2.05) is 6.07 Å². The summed E-state index contributed by atoms with van der Waals surface area (Å²) in [6.45, 7) is 1.48. The van der Waals surface area contributed by atoms with Crippen molar-refractivity contribution in [3.05, 3.63) is 51.5 Å². The minimum absolute atomic E-state index is 0.0185. The number of nitriles is 1. The van der Waals surface area contributed by atoms with E-state index < -0.39 is 29.1 Å². The molecule has 0 aliphatic heterocycles. The van der Waals surface area contributed by atoms with Crippen molar-refractivity contribution in [2.75, 3.05) is 0 Å². The van der Waals surface area contributed by atoms with Crippen LogP contribution in [0.1, 0.15) is 28.2 Å². The average Bonchev–Trinajstić information content (AvgIpc) is 2.99. The van der Waals surface area contributed by atoms with Crippen molar-refractivity contribution in [3.8, 4) is 6.07 Å². The molecule has 2 aromatic rings. The van der Waals surface area contributed by atoms with Crippen molar-refractivity contribution in [1.82, 2.24) is 10.3 Å². The molecule has 0 saturated heterocycles. The molecule has 1 aromatic carbocycles. The topological polar surface area (TPSA) is 86.0 Å². The number of rotatable bonds is 5. The molecule has 2 N–H and O–H groups in total. The van der Waals surface area contributed by atoms with Gasteiger partial charge in [0.1, 0.15) is 5.01 Å². The lowest BCUT2D eigenvalue weighted by atomic mass is 9.99. The zero-order valence-corrected chi connectivity index (χ0v) is 13.9. The summed E-state index contributed by atoms with van der Waals surface area (Å²) in [4.78, 5) is 15.6. The second-order valence-electron chi connectivity index (χ2n) is 5.41. The van der Waals surface area contributed by atoms with E-state index in [-0.39, 0.29) is 6.54 Å². The van der Waals surface area contributed by atoms with Crippen LogP contribution in [0.15, 0.2) is 29.6 Å². The van der Waals surface area contributed by atoms with Gasteiger partial charge in [-0.3, -0.25) is 4.79 Å². The Labute approximate surface area is 145 Å². The van der Waals surface area contributed by atoms with E-state index in [4.69, 9.17) is 5.26 Å². The van der Waals surface area contributed by atoms with Gasteiger partial charge in [0.05, 0.1) is 18.1 Å². The Balaban J connectivity index is 2.08. The molecule has 0 saturated carbocycles. The fourth-order valence-electron chi connectivity index (χ4n) is 2.03. The van der Waals surface area contributed by atoms with Crippen LogP contribution in [0.2, 0.25) is 0 Å². The van der Waals surface area contributed by atoms with Crippen LogP contribution in [0.3, 0.4) is 0 Å². The minimum Gasteiger partial charge on any atom is -0.374 e. The minimum atomic E-state index is -5.04. The molecule has 0 bridgehead atoms. The van der Waals surface area contributed by atoms with Gasteiger partial charge >= 0.3 is 6.18 Å². The summed E-state index contributed by atoms with van der Waals surface area (Å²) in [6, 6.07) is 8.17. The van der Waals surface area contributed by atoms with E-state index in [9.17, 15) is 23.1 Å². The van der Waals surface area contributed by atoms with Gasteiger partial charge in [-0.1, -0.05) is 12.1 Å². The zero-order chi connectivity index (χ0) is 18.7. The molecule has 25 heavy (non-hydrogen) atoms. The summed E-state index contributed by atoms with van der Waals surface area (Å²) >= 11 is 0.652. The van der Waals surface area contributed by atoms with E-state index in [0.29, 0.717) is 28.2 Å². The lowest BCUT2D eigenvalue weighted by Crippen LogP contribution is -2.46. The molecule has 1 amide bonds. The molecule has 9 heteroatoms. The number of carbonyl (C=O) groups is 1. The van der Waals surface area contributed by atoms with Gasteiger partial charge in [-0.05, 0) is 24.6 Å². The quantitative estimate of drug-likeness (QED) is 0.849. The SMILES string of the molecule is Cc1csc(C(O)(CC(=O)NCc2ccc(C#N)cc2)C(F)(F)F)n1. The lowest BCUT2D eigenvalue weighted by Gasteiger charge is -2.27. The Morgan fingerprint density at radius 2 is 2.00 bits per heavy atom. The summed E-state index contributed by atoms with van der Waals surface area (Å²) in [7, 11) is 0. The third-order valence-corrected chi connectivity index (χ3v) is 4.54. The number of nitrogens with zero attached hydrogens (tertiary/aromatic N) is 2. The molecule has 132 valence electrons. The largest absolute Gasteiger partial charge is 0.424 e. The molecule has 0 fully saturated rings. The van der Waals surface area contributed by atoms with Crippen LogP contribution in [-0.4, -0.2) is 22.2 Å². The first kappa shape index (κ1) is 18.9. The number of aryl methyl sites for hydroxylation is 1. The average molecular weight is 369 g/mol. The lowest BCUT2D eigenvalue weighted by molar-refractivity contribution is -0.267. The molecular weight excluding hydrogens is 355 g/mol. The van der Waals surface area contributed by atoms with Crippen molar-refractivity contribution in [3.63, 3.8) is 0 Å². The highest BCUT2D eigenvalue weighted by molar-refractivity contribution is 7.09. The molecule has 0 aliphatic carbocycles. The number of hydrogen-bond donors (Lipinski definition) is 2. The predicted octanol–water partition coefficient (Wildman–Crippen LogP) is 2.78. The molecule has 0 radical (unpaired) electrons. The van der Waals surface area contributed by atoms with Gasteiger partial charge < -0.3 is 10.4 Å². The molecule has 1 unspecified atom stereocenters. The van der Waals surface area contributed by atoms with Crippen molar-refractivity contribution in [1.29, 1.82) is 5.26 Å². The number of alkyl halides is 3. The Kier molecular flexibility index (Phi) is 5.45. The van der Waals surface area contributed by atoms with E-state index in [2.05, 4.69) is 10.3 Å². The summed E-state index contributed by atoms with van der Waals surface area (Å²) in [5, 5.41) is 21.9. The monoisotopic (exact) mass is 369 g/mol. The van der Waals surface area contributed by atoms with Crippen LogP contribution in [0.5, 0.6) is 0 Å². The predicted molar refractivity (Wildman–Crippen MR) is 84.4 cm³/mol. The summed E-state index contributed by atoms with van der Waals surface area (Å²) in [5.41, 5.74) is -1.95. The van der Waals surface area contributed by atoms with Crippen LogP contribution >= 0.6 is 11.3 Å². The first-order valence-electron chi connectivity index (χ1n) is 7.13. The Morgan fingerprint density at radius 1 is 1.36 bits per heavy atom. The van der Waals surface area contributed by atoms with Gasteiger partial charge in [0.2, 0.25) is 11.5 Å². The fraction of sp³-hybridized carbons (Fsp3) is 0.312. The van der Waals surface area contributed by atoms with Gasteiger partial charge in [0.15, 0.2) is 0 Å². The molecular formula is C16H14F3N3O2S. The number of thiazole rings is 1. The molecule has 0 spiro atoms. The van der Waals surface area contributed by atoms with Crippen LogP contribution < -0.4 is 5.32 Å². The van der Waals surface area contributed by atoms with Crippen molar-refractivity contribution >= 4 is 17.2 Å². The molecule has 1 heterocycles. The Hall–Kier alpha value is -2.44. The molecule has 1 atom stereocenters. The number of halogens is 3. The van der Waals surface area contributed by atoms with E-state index in [1.165, 1.54) is 24.4 Å². The van der Waals surface area contributed by atoms with Crippen LogP contribution in [0, 0.1) is 18.3 Å². The smallest absolute Gasteiger partial charge is 0.374 e. The fourth-order valence-corrected chi connectivity index (χ4v) is 2.95. The number of nitrogens with one attached hydrogen (secondary N) is 1. The summed E-state index contributed by atoms with van der Waals surface area (Å²) in [5.74, 6) is -0.961. The van der Waals surface area contributed by atoms with Crippen LogP contribution in [0.4, 0.5) is 13.2 Å². The van der Waals surface area contributed by atoms with Crippen LogP contribution in [-0.2, 0) is 16.9 Å². The van der Waals surface area contributed by atoms with E-state index >= 15 is 0 Å². The third kappa shape index (κ3) is 4.35. The van der Waals surface area contributed by atoms with E-state index in [1.54, 1.807) is 12.1 Å². The Morgan fingerprint density at radius 3 is 2.48 bits per heavy atom. The molecule has 0 aliphatic rings. The number of carbonyl (C=O) groups excluding carboxylic acids is 1. The highest BCUT2D eigenvalue weighted by Gasteiger charge is 2.58. The number of aliphatic hydroxyl groups is 1. The maximum absolute atomic E-state index is 13.3. The summed E-state index contributed by atoms with van der Waals surface area (Å²) in [6.07, 6.45) is -6.22. The second kappa shape index (κ2) is 7.21. The number of aromatic nitrogens is 1. The third-order valence-electron chi connectivity index (χ3n) is 3.43. The first-order valence-corrected chi connectivity index (χ1v) is 8.01. The van der Waals surface area contributed by atoms with Gasteiger partial charge in [-0.2, -0.15) is 18.4 Å². The summed E-state index contributed by atoms with van der Waals surface area (Å²) < 4.78 is 39.9. The van der Waals surface area contributed by atoms with E-state index in [0.717, 1.165) is 0 Å². The van der Waals surface area contributed by atoms with Crippen molar-refractivity contribution in [2.45, 2.75) is 31.7 Å². The number of hydrogen-bond acceptors (Lipinski definition) is 5. The molecule has 5 nitrogen and oxygen atoms in total. The van der Waals surface area contributed by atoms with Gasteiger partial charge in [-0.25, -0.2) is 4.98 Å². The van der Waals surface area contributed by atoms with Gasteiger partial charge in [0.25, 0.3) is 0 Å². The highest BCUT2D eigenvalue weighted by Crippen LogP contribution is 2.42. The molecule has 2 rings (SSSR count). The van der Waals surface area contributed by atoms with Gasteiger partial charge in [-0.15, -0.1) is 11.3 Å². The zero-order valence-electron chi connectivity index (χ0n) is 13.1. The maximum atomic E-state index is 13.3. The maximum Gasteiger partial charge on any atom is 0.424 e. The Bertz CT molecular complexity index is 796. The highest BCUT2D eigenvalue weighted by atomic mass is 32.1. The van der Waals surface area contributed by atoms with Crippen molar-refractivity contribution < 1.29 is 23.1 Å². The molecule has 1 aromatic heterocycles.